The zero-order valence-electron chi connectivity index (χ0n) is 19.9. The van der Waals surface area contributed by atoms with Crippen molar-refractivity contribution >= 4 is 56.7 Å². The molecule has 1 fully saturated rings. The van der Waals surface area contributed by atoms with Crippen LogP contribution in [0.1, 0.15) is 40.1 Å². The van der Waals surface area contributed by atoms with E-state index in [4.69, 9.17) is 16.6 Å². The number of thiophene rings is 1. The van der Waals surface area contributed by atoms with Crippen LogP contribution in [0.15, 0.2) is 64.5 Å². The molecule has 2 aromatic heterocycles. The quantitative estimate of drug-likeness (QED) is 0.235. The number of likely N-dealkylation sites (tertiary alicyclic amines) is 1. The van der Waals surface area contributed by atoms with Crippen molar-refractivity contribution in [2.24, 2.45) is 0 Å². The molecule has 36 heavy (non-hydrogen) atoms. The summed E-state index contributed by atoms with van der Waals surface area (Å²) in [4.78, 5) is 48.5. The van der Waals surface area contributed by atoms with Gasteiger partial charge in [-0.15, -0.1) is 11.3 Å². The summed E-state index contributed by atoms with van der Waals surface area (Å²) in [5.41, 5.74) is 1.89. The van der Waals surface area contributed by atoms with Gasteiger partial charge in [-0.05, 0) is 68.7 Å². The fourth-order valence-corrected chi connectivity index (χ4v) is 6.76. The maximum absolute atomic E-state index is 13.7. The van der Waals surface area contributed by atoms with E-state index >= 15 is 0 Å². The summed E-state index contributed by atoms with van der Waals surface area (Å²) in [7, 11) is 0. The summed E-state index contributed by atoms with van der Waals surface area (Å²) < 4.78 is 1.59. The number of fused-ring (bicyclic) bond motifs is 1. The van der Waals surface area contributed by atoms with E-state index in [1.807, 2.05) is 44.2 Å². The number of thioether (sulfide) groups is 1. The van der Waals surface area contributed by atoms with E-state index in [9.17, 15) is 14.4 Å². The van der Waals surface area contributed by atoms with Crippen LogP contribution in [0.5, 0.6) is 0 Å². The molecule has 6 nitrogen and oxygen atoms in total. The van der Waals surface area contributed by atoms with Crippen LogP contribution in [0.4, 0.5) is 0 Å². The smallest absolute Gasteiger partial charge is 0.267 e. The van der Waals surface area contributed by atoms with E-state index < -0.39 is 5.25 Å². The number of para-hydroxylation sites is 1. The fourth-order valence-electron chi connectivity index (χ4n) is 4.35. The van der Waals surface area contributed by atoms with Gasteiger partial charge in [0.25, 0.3) is 11.5 Å². The normalized spacial score (nSPS) is 16.4. The van der Waals surface area contributed by atoms with Gasteiger partial charge in [0.2, 0.25) is 5.91 Å². The Morgan fingerprint density at radius 1 is 1.06 bits per heavy atom. The molecule has 0 unspecified atom stereocenters. The molecule has 4 aromatic rings. The van der Waals surface area contributed by atoms with Crippen LogP contribution in [0, 0.1) is 13.8 Å². The molecule has 1 aliphatic heterocycles. The van der Waals surface area contributed by atoms with Crippen LogP contribution in [-0.2, 0) is 4.79 Å². The summed E-state index contributed by atoms with van der Waals surface area (Å²) in [6.45, 7) is 4.28. The monoisotopic (exact) mass is 537 g/mol. The second-order valence-electron chi connectivity index (χ2n) is 8.74. The van der Waals surface area contributed by atoms with Gasteiger partial charge in [-0.25, -0.2) is 4.98 Å². The van der Waals surface area contributed by atoms with Crippen molar-refractivity contribution in [2.45, 2.75) is 43.5 Å². The Kier molecular flexibility index (Phi) is 7.01. The van der Waals surface area contributed by atoms with Crippen LogP contribution in [0.25, 0.3) is 15.9 Å². The van der Waals surface area contributed by atoms with Gasteiger partial charge in [0, 0.05) is 22.0 Å². The average molecular weight is 538 g/mol. The molecule has 3 heterocycles. The van der Waals surface area contributed by atoms with Crippen LogP contribution in [0.3, 0.4) is 0 Å². The third-order valence-corrected chi connectivity index (χ3v) is 8.97. The molecular formula is C27H24ClN3O3S2. The maximum Gasteiger partial charge on any atom is 0.267 e. The first-order valence-corrected chi connectivity index (χ1v) is 13.8. The Morgan fingerprint density at radius 3 is 2.50 bits per heavy atom. The Bertz CT molecular complexity index is 1510. The van der Waals surface area contributed by atoms with Gasteiger partial charge in [-0.2, -0.15) is 0 Å². The van der Waals surface area contributed by atoms with Crippen molar-refractivity contribution in [2.75, 3.05) is 6.54 Å². The molecule has 0 aliphatic carbocycles. The number of aromatic nitrogens is 2. The Hall–Kier alpha value is -2.94. The van der Waals surface area contributed by atoms with E-state index in [2.05, 4.69) is 0 Å². The van der Waals surface area contributed by atoms with Crippen LogP contribution in [-0.4, -0.2) is 38.1 Å². The number of halogens is 1. The standard InChI is InChI=1S/C27H24ClN3O3S2/c1-16-17(2)35-23-22(16)26(34)31(20-8-4-3-5-9-20)27(29-23)36-21-10-6-7-15-30(25(21)33)24(32)18-11-13-19(28)14-12-18/h3-5,8-9,11-14,21H,6-7,10,15H2,1-2H3/t21-/m1/s1. The number of amides is 2. The molecule has 0 spiro atoms. The average Bonchev–Trinajstić information content (AvgIpc) is 3.04. The summed E-state index contributed by atoms with van der Waals surface area (Å²) >= 11 is 8.72. The summed E-state index contributed by atoms with van der Waals surface area (Å²) in [5, 5.41) is 1.06. The molecule has 184 valence electrons. The number of carbonyl (C=O) groups is 2. The van der Waals surface area contributed by atoms with E-state index in [0.29, 0.717) is 44.6 Å². The zero-order chi connectivity index (χ0) is 25.4. The van der Waals surface area contributed by atoms with Gasteiger partial charge < -0.3 is 0 Å². The van der Waals surface area contributed by atoms with Gasteiger partial charge in [-0.1, -0.05) is 48.0 Å². The summed E-state index contributed by atoms with van der Waals surface area (Å²) in [5.74, 6) is -0.595. The molecule has 2 aromatic carbocycles. The second kappa shape index (κ2) is 10.2. The predicted molar refractivity (Wildman–Crippen MR) is 146 cm³/mol. The highest BCUT2D eigenvalue weighted by molar-refractivity contribution is 8.00. The number of nitrogens with zero attached hydrogens (tertiary/aromatic N) is 3. The molecule has 1 aliphatic rings. The lowest BCUT2D eigenvalue weighted by atomic mass is 10.2. The first kappa shape index (κ1) is 24.7. The van der Waals surface area contributed by atoms with Crippen molar-refractivity contribution in [3.63, 3.8) is 0 Å². The minimum Gasteiger partial charge on any atom is -0.278 e. The summed E-state index contributed by atoms with van der Waals surface area (Å²) in [6.07, 6.45) is 2.12. The minimum atomic E-state index is -0.537. The molecular weight excluding hydrogens is 514 g/mol. The molecule has 0 N–H and O–H groups in total. The molecule has 5 rings (SSSR count). The van der Waals surface area contributed by atoms with Crippen molar-refractivity contribution in [1.29, 1.82) is 0 Å². The highest BCUT2D eigenvalue weighted by atomic mass is 35.5. The van der Waals surface area contributed by atoms with Gasteiger partial charge >= 0.3 is 0 Å². The highest BCUT2D eigenvalue weighted by Crippen LogP contribution is 2.34. The number of hydrogen-bond donors (Lipinski definition) is 0. The number of hydrogen-bond acceptors (Lipinski definition) is 6. The molecule has 1 atom stereocenters. The Balaban J connectivity index is 1.55. The van der Waals surface area contributed by atoms with Crippen LogP contribution in [0.2, 0.25) is 5.02 Å². The van der Waals surface area contributed by atoms with Crippen LogP contribution >= 0.6 is 34.7 Å². The molecule has 0 radical (unpaired) electrons. The topological polar surface area (TPSA) is 72.3 Å². The van der Waals surface area contributed by atoms with Crippen LogP contribution < -0.4 is 5.56 Å². The minimum absolute atomic E-state index is 0.147. The Labute approximate surface area is 221 Å². The molecule has 2 amide bonds. The van der Waals surface area contributed by atoms with Gasteiger partial charge in [-0.3, -0.25) is 23.9 Å². The fraction of sp³-hybridized carbons (Fsp3) is 0.259. The SMILES string of the molecule is Cc1sc2nc(S[C@@H]3CCCCN(C(=O)c4ccc(Cl)cc4)C3=O)n(-c3ccccc3)c(=O)c2c1C. The number of imide groups is 1. The van der Waals surface area contributed by atoms with Gasteiger partial charge in [0.15, 0.2) is 5.16 Å². The lowest BCUT2D eigenvalue weighted by molar-refractivity contribution is -0.127. The van der Waals surface area contributed by atoms with Crippen molar-refractivity contribution in [3.8, 4) is 5.69 Å². The predicted octanol–water partition coefficient (Wildman–Crippen LogP) is 6.03. The first-order chi connectivity index (χ1) is 17.3. The third-order valence-electron chi connectivity index (χ3n) is 6.41. The van der Waals surface area contributed by atoms with E-state index in [1.54, 1.807) is 28.8 Å². The second-order valence-corrected chi connectivity index (χ2v) is 11.5. The zero-order valence-corrected chi connectivity index (χ0v) is 22.3. The largest absolute Gasteiger partial charge is 0.278 e. The molecule has 0 bridgehead atoms. The van der Waals surface area contributed by atoms with Gasteiger partial charge in [0.1, 0.15) is 4.83 Å². The highest BCUT2D eigenvalue weighted by Gasteiger charge is 2.33. The van der Waals surface area contributed by atoms with E-state index in [0.717, 1.165) is 23.3 Å². The lowest BCUT2D eigenvalue weighted by Crippen LogP contribution is -2.41. The first-order valence-electron chi connectivity index (χ1n) is 11.7. The lowest BCUT2D eigenvalue weighted by Gasteiger charge is -2.23. The number of benzene rings is 2. The Morgan fingerprint density at radius 2 is 1.78 bits per heavy atom. The van der Waals surface area contributed by atoms with Crippen molar-refractivity contribution in [3.05, 3.63) is 86.0 Å². The molecule has 0 saturated carbocycles. The van der Waals surface area contributed by atoms with E-state index in [1.165, 1.54) is 28.0 Å². The number of rotatable bonds is 4. The van der Waals surface area contributed by atoms with Crippen molar-refractivity contribution < 1.29 is 9.59 Å². The summed E-state index contributed by atoms with van der Waals surface area (Å²) in [6, 6.07) is 15.9. The van der Waals surface area contributed by atoms with Crippen molar-refractivity contribution in [1.82, 2.24) is 14.5 Å². The van der Waals surface area contributed by atoms with Gasteiger partial charge in [0.05, 0.1) is 16.3 Å². The molecule has 9 heteroatoms. The third kappa shape index (κ3) is 4.61. The number of aryl methyl sites for hydroxylation is 2. The number of carbonyl (C=O) groups excluding carboxylic acids is 2. The molecule has 1 saturated heterocycles. The van der Waals surface area contributed by atoms with E-state index in [-0.39, 0.29) is 17.4 Å². The maximum atomic E-state index is 13.7.